The third-order valence-electron chi connectivity index (χ3n) is 5.16. The van der Waals surface area contributed by atoms with Gasteiger partial charge in [0.25, 0.3) is 0 Å². The fourth-order valence-corrected chi connectivity index (χ4v) is 3.84. The van der Waals surface area contributed by atoms with E-state index in [2.05, 4.69) is 12.2 Å². The Kier molecular flexibility index (Phi) is 4.71. The zero-order valence-corrected chi connectivity index (χ0v) is 12.5. The summed E-state index contributed by atoms with van der Waals surface area (Å²) in [5.74, 6) is -0.861. The van der Waals surface area contributed by atoms with Gasteiger partial charge in [0.1, 0.15) is 0 Å². The lowest BCUT2D eigenvalue weighted by Crippen LogP contribution is -2.49. The summed E-state index contributed by atoms with van der Waals surface area (Å²) in [6.07, 6.45) is 9.96. The Balaban J connectivity index is 1.96. The number of aliphatic carboxylic acids is 1. The molecule has 20 heavy (non-hydrogen) atoms. The Morgan fingerprint density at radius 3 is 1.95 bits per heavy atom. The molecule has 2 saturated carbocycles. The summed E-state index contributed by atoms with van der Waals surface area (Å²) in [4.78, 5) is 23.9. The maximum Gasteiger partial charge on any atom is 0.310 e. The van der Waals surface area contributed by atoms with Crippen molar-refractivity contribution >= 4 is 11.9 Å². The third kappa shape index (κ3) is 3.53. The van der Waals surface area contributed by atoms with Gasteiger partial charge in [0.15, 0.2) is 0 Å². The lowest BCUT2D eigenvalue weighted by Gasteiger charge is -2.37. The minimum absolute atomic E-state index is 0.0706. The minimum Gasteiger partial charge on any atom is -0.481 e. The normalized spacial score (nSPS) is 24.9. The van der Waals surface area contributed by atoms with Crippen molar-refractivity contribution in [3.8, 4) is 0 Å². The van der Waals surface area contributed by atoms with Crippen LogP contribution in [0.5, 0.6) is 0 Å². The molecule has 0 aromatic rings. The first-order chi connectivity index (χ1) is 9.46. The number of carboxylic acid groups (broad SMARTS) is 1. The number of carbonyl (C=O) groups is 2. The van der Waals surface area contributed by atoms with E-state index in [1.165, 1.54) is 6.42 Å². The molecule has 0 atom stereocenters. The Labute approximate surface area is 121 Å². The van der Waals surface area contributed by atoms with E-state index in [-0.39, 0.29) is 17.9 Å². The molecule has 2 N–H and O–H groups in total. The highest BCUT2D eigenvalue weighted by Gasteiger charge is 2.42. The molecule has 4 nitrogen and oxygen atoms in total. The Bertz CT molecular complexity index is 366. The fourth-order valence-electron chi connectivity index (χ4n) is 3.84. The van der Waals surface area contributed by atoms with Crippen LogP contribution in [0.15, 0.2) is 0 Å². The van der Waals surface area contributed by atoms with Gasteiger partial charge in [0.05, 0.1) is 5.41 Å². The molecule has 0 saturated heterocycles. The van der Waals surface area contributed by atoms with Crippen LogP contribution in [0.2, 0.25) is 0 Å². The molecule has 2 fully saturated rings. The Morgan fingerprint density at radius 2 is 1.45 bits per heavy atom. The molecule has 0 aromatic heterocycles. The maximum atomic E-state index is 12.3. The number of hydrogen-bond acceptors (Lipinski definition) is 2. The second-order valence-corrected chi connectivity index (χ2v) is 6.99. The summed E-state index contributed by atoms with van der Waals surface area (Å²) < 4.78 is 0. The molecular formula is C16H27NO3. The van der Waals surface area contributed by atoms with Gasteiger partial charge < -0.3 is 10.4 Å². The van der Waals surface area contributed by atoms with Gasteiger partial charge in [0, 0.05) is 12.0 Å². The van der Waals surface area contributed by atoms with Crippen molar-refractivity contribution in [2.24, 2.45) is 5.41 Å². The van der Waals surface area contributed by atoms with Gasteiger partial charge >= 0.3 is 5.97 Å². The van der Waals surface area contributed by atoms with E-state index in [9.17, 15) is 14.7 Å². The number of rotatable bonds is 4. The molecule has 0 heterocycles. The van der Waals surface area contributed by atoms with Gasteiger partial charge in [-0.05, 0) is 32.6 Å². The summed E-state index contributed by atoms with van der Waals surface area (Å²) in [6, 6.07) is 0. The molecule has 0 radical (unpaired) electrons. The van der Waals surface area contributed by atoms with Crippen LogP contribution in [-0.4, -0.2) is 22.5 Å². The van der Waals surface area contributed by atoms with Gasteiger partial charge in [-0.25, -0.2) is 0 Å². The lowest BCUT2D eigenvalue weighted by atomic mass is 9.71. The predicted molar refractivity (Wildman–Crippen MR) is 77.4 cm³/mol. The Morgan fingerprint density at radius 1 is 0.950 bits per heavy atom. The van der Waals surface area contributed by atoms with Crippen molar-refractivity contribution in [1.82, 2.24) is 5.32 Å². The SMILES string of the molecule is CC1(NC(=O)CC2(C(=O)O)CCCCC2)CCCCC1. The molecule has 0 unspecified atom stereocenters. The Hall–Kier alpha value is -1.06. The van der Waals surface area contributed by atoms with Crippen LogP contribution >= 0.6 is 0 Å². The van der Waals surface area contributed by atoms with E-state index in [1.54, 1.807) is 0 Å². The van der Waals surface area contributed by atoms with E-state index < -0.39 is 11.4 Å². The number of carbonyl (C=O) groups excluding carboxylic acids is 1. The van der Waals surface area contributed by atoms with E-state index >= 15 is 0 Å². The monoisotopic (exact) mass is 281 g/mol. The number of nitrogens with one attached hydrogen (secondary N) is 1. The van der Waals surface area contributed by atoms with Crippen LogP contribution in [0.4, 0.5) is 0 Å². The summed E-state index contributed by atoms with van der Waals surface area (Å²) >= 11 is 0. The van der Waals surface area contributed by atoms with Crippen molar-refractivity contribution in [2.75, 3.05) is 0 Å². The van der Waals surface area contributed by atoms with E-state index in [4.69, 9.17) is 0 Å². The predicted octanol–water partition coefficient (Wildman–Crippen LogP) is 3.25. The van der Waals surface area contributed by atoms with Crippen molar-refractivity contribution < 1.29 is 14.7 Å². The first-order valence-corrected chi connectivity index (χ1v) is 8.00. The summed E-state index contributed by atoms with van der Waals surface area (Å²) in [5.41, 5.74) is -0.933. The average Bonchev–Trinajstić information content (AvgIpc) is 2.39. The molecule has 2 rings (SSSR count). The highest BCUT2D eigenvalue weighted by Crippen LogP contribution is 2.40. The average molecular weight is 281 g/mol. The van der Waals surface area contributed by atoms with Gasteiger partial charge in [-0.1, -0.05) is 38.5 Å². The standard InChI is InChI=1S/C16H27NO3/c1-15(8-4-2-5-9-15)17-13(18)12-16(14(19)20)10-6-3-7-11-16/h2-12H2,1H3,(H,17,18)(H,19,20). The molecular weight excluding hydrogens is 254 g/mol. The molecule has 2 aliphatic rings. The first-order valence-electron chi connectivity index (χ1n) is 8.00. The van der Waals surface area contributed by atoms with Crippen molar-refractivity contribution in [1.29, 1.82) is 0 Å². The molecule has 4 heteroatoms. The smallest absolute Gasteiger partial charge is 0.310 e. The van der Waals surface area contributed by atoms with Gasteiger partial charge in [0.2, 0.25) is 5.91 Å². The zero-order valence-electron chi connectivity index (χ0n) is 12.5. The topological polar surface area (TPSA) is 66.4 Å². The van der Waals surface area contributed by atoms with Crippen LogP contribution in [0.1, 0.15) is 77.6 Å². The van der Waals surface area contributed by atoms with Crippen molar-refractivity contribution in [3.05, 3.63) is 0 Å². The van der Waals surface area contributed by atoms with Crippen LogP contribution < -0.4 is 5.32 Å². The second-order valence-electron chi connectivity index (χ2n) is 6.99. The van der Waals surface area contributed by atoms with E-state index in [1.807, 2.05) is 0 Å². The lowest BCUT2D eigenvalue weighted by molar-refractivity contribution is -0.154. The van der Waals surface area contributed by atoms with Crippen LogP contribution in [-0.2, 0) is 9.59 Å². The minimum atomic E-state index is -0.812. The molecule has 0 bridgehead atoms. The van der Waals surface area contributed by atoms with Gasteiger partial charge in [-0.15, -0.1) is 0 Å². The van der Waals surface area contributed by atoms with Crippen LogP contribution in [0.25, 0.3) is 0 Å². The number of carboxylic acids is 1. The number of hydrogen-bond donors (Lipinski definition) is 2. The molecule has 2 aliphatic carbocycles. The van der Waals surface area contributed by atoms with E-state index in [0.29, 0.717) is 12.8 Å². The second kappa shape index (κ2) is 6.15. The fraction of sp³-hybridized carbons (Fsp3) is 0.875. The maximum absolute atomic E-state index is 12.3. The van der Waals surface area contributed by atoms with Crippen molar-refractivity contribution in [3.63, 3.8) is 0 Å². The highest BCUT2D eigenvalue weighted by molar-refractivity contribution is 5.85. The first kappa shape index (κ1) is 15.3. The zero-order chi connectivity index (χ0) is 14.6. The van der Waals surface area contributed by atoms with E-state index in [0.717, 1.165) is 44.9 Å². The molecule has 1 amide bonds. The highest BCUT2D eigenvalue weighted by atomic mass is 16.4. The molecule has 114 valence electrons. The quantitative estimate of drug-likeness (QED) is 0.831. The molecule has 0 spiro atoms. The van der Waals surface area contributed by atoms with Crippen LogP contribution in [0.3, 0.4) is 0 Å². The van der Waals surface area contributed by atoms with Gasteiger partial charge in [-0.2, -0.15) is 0 Å². The number of amides is 1. The molecule has 0 aromatic carbocycles. The van der Waals surface area contributed by atoms with Crippen LogP contribution in [0, 0.1) is 5.41 Å². The molecule has 0 aliphatic heterocycles. The summed E-state index contributed by atoms with van der Waals surface area (Å²) in [6.45, 7) is 2.10. The summed E-state index contributed by atoms with van der Waals surface area (Å²) in [7, 11) is 0. The summed E-state index contributed by atoms with van der Waals surface area (Å²) in [5, 5.41) is 12.6. The van der Waals surface area contributed by atoms with Gasteiger partial charge in [-0.3, -0.25) is 9.59 Å². The third-order valence-corrected chi connectivity index (χ3v) is 5.16. The largest absolute Gasteiger partial charge is 0.481 e. The van der Waals surface area contributed by atoms with Crippen molar-refractivity contribution in [2.45, 2.75) is 83.1 Å².